The molecule has 3 rings (SSSR count). The normalized spacial score (nSPS) is 11.9. The number of hydrazone groups is 1. The SMILES string of the molecule is O=S(=O)(NN=Cc1c(O)ccc2ccccc12)c1ccc(Cl)cc1. The van der Waals surface area contributed by atoms with Crippen LogP contribution in [0.5, 0.6) is 5.75 Å². The number of fused-ring (bicyclic) bond motifs is 1. The maximum atomic E-state index is 12.2. The summed E-state index contributed by atoms with van der Waals surface area (Å²) in [6.45, 7) is 0. The van der Waals surface area contributed by atoms with Crippen molar-refractivity contribution in [1.82, 2.24) is 4.83 Å². The summed E-state index contributed by atoms with van der Waals surface area (Å²) in [6.07, 6.45) is 1.28. The van der Waals surface area contributed by atoms with Crippen LogP contribution in [-0.2, 0) is 10.0 Å². The van der Waals surface area contributed by atoms with Crippen molar-refractivity contribution in [2.24, 2.45) is 5.10 Å². The fourth-order valence-corrected chi connectivity index (χ4v) is 3.16. The number of hydrogen-bond acceptors (Lipinski definition) is 4. The first-order valence-electron chi connectivity index (χ1n) is 6.98. The number of halogens is 1. The van der Waals surface area contributed by atoms with Crippen molar-refractivity contribution in [3.63, 3.8) is 0 Å². The van der Waals surface area contributed by atoms with Crippen LogP contribution in [0.15, 0.2) is 70.7 Å². The Bertz CT molecular complexity index is 1020. The van der Waals surface area contributed by atoms with E-state index < -0.39 is 10.0 Å². The van der Waals surface area contributed by atoms with E-state index in [1.807, 2.05) is 24.3 Å². The zero-order valence-electron chi connectivity index (χ0n) is 12.3. The largest absolute Gasteiger partial charge is 0.507 e. The first-order valence-corrected chi connectivity index (χ1v) is 8.85. The van der Waals surface area contributed by atoms with Gasteiger partial charge in [-0.15, -0.1) is 0 Å². The molecule has 0 aliphatic carbocycles. The molecule has 0 atom stereocenters. The summed E-state index contributed by atoms with van der Waals surface area (Å²) in [5.74, 6) is 0.0168. The number of phenolic OH excluding ortho intramolecular Hbond substituents is 1. The minimum atomic E-state index is -3.80. The Kier molecular flexibility index (Phi) is 4.42. The monoisotopic (exact) mass is 360 g/mol. The number of aromatic hydroxyl groups is 1. The summed E-state index contributed by atoms with van der Waals surface area (Å²) < 4.78 is 24.3. The van der Waals surface area contributed by atoms with Crippen molar-refractivity contribution in [3.05, 3.63) is 71.2 Å². The molecule has 0 saturated heterocycles. The lowest BCUT2D eigenvalue weighted by atomic mass is 10.0. The Hall–Kier alpha value is -2.57. The molecule has 0 fully saturated rings. The topological polar surface area (TPSA) is 78.8 Å². The standard InChI is InChI=1S/C17H13ClN2O3S/c18-13-6-8-14(9-7-13)24(22,23)20-19-11-16-15-4-2-1-3-12(15)5-10-17(16)21/h1-11,20-21H. The molecule has 0 aliphatic heterocycles. The van der Waals surface area contributed by atoms with E-state index in [0.29, 0.717) is 10.6 Å². The number of nitrogens with one attached hydrogen (secondary N) is 1. The number of hydrogen-bond donors (Lipinski definition) is 2. The van der Waals surface area contributed by atoms with Gasteiger partial charge in [-0.25, -0.2) is 4.83 Å². The summed E-state index contributed by atoms with van der Waals surface area (Å²) in [7, 11) is -3.80. The molecule has 0 aromatic heterocycles. The lowest BCUT2D eigenvalue weighted by Crippen LogP contribution is -2.18. The Labute approximate surface area is 144 Å². The molecule has 0 amide bonds. The lowest BCUT2D eigenvalue weighted by Gasteiger charge is -2.06. The van der Waals surface area contributed by atoms with Gasteiger partial charge in [0.05, 0.1) is 11.1 Å². The minimum absolute atomic E-state index is 0.0168. The van der Waals surface area contributed by atoms with Gasteiger partial charge in [0.2, 0.25) is 0 Å². The highest BCUT2D eigenvalue weighted by molar-refractivity contribution is 7.89. The van der Waals surface area contributed by atoms with Gasteiger partial charge in [-0.2, -0.15) is 13.5 Å². The van der Waals surface area contributed by atoms with E-state index in [1.165, 1.54) is 36.5 Å². The second-order valence-electron chi connectivity index (χ2n) is 5.03. The van der Waals surface area contributed by atoms with E-state index in [2.05, 4.69) is 9.93 Å². The van der Waals surface area contributed by atoms with Crippen molar-refractivity contribution in [2.75, 3.05) is 0 Å². The molecule has 0 spiro atoms. The highest BCUT2D eigenvalue weighted by atomic mass is 35.5. The number of phenols is 1. The van der Waals surface area contributed by atoms with Crippen LogP contribution in [-0.4, -0.2) is 19.7 Å². The summed E-state index contributed by atoms with van der Waals surface area (Å²) in [6, 6.07) is 16.5. The van der Waals surface area contributed by atoms with Crippen molar-refractivity contribution < 1.29 is 13.5 Å². The number of rotatable bonds is 4. The van der Waals surface area contributed by atoms with Crippen molar-refractivity contribution in [2.45, 2.75) is 4.90 Å². The summed E-state index contributed by atoms with van der Waals surface area (Å²) in [5, 5.41) is 15.9. The fourth-order valence-electron chi connectivity index (χ4n) is 2.25. The zero-order valence-corrected chi connectivity index (χ0v) is 13.9. The van der Waals surface area contributed by atoms with Crippen LogP contribution in [0, 0.1) is 0 Å². The molecule has 3 aromatic rings. The van der Waals surface area contributed by atoms with Crippen LogP contribution in [0.4, 0.5) is 0 Å². The summed E-state index contributed by atoms with van der Waals surface area (Å²) >= 11 is 5.75. The molecule has 2 N–H and O–H groups in total. The quantitative estimate of drug-likeness (QED) is 0.552. The minimum Gasteiger partial charge on any atom is -0.507 e. The van der Waals surface area contributed by atoms with Gasteiger partial charge in [-0.3, -0.25) is 0 Å². The fraction of sp³-hybridized carbons (Fsp3) is 0. The van der Waals surface area contributed by atoms with Crippen LogP contribution in [0.3, 0.4) is 0 Å². The molecule has 24 heavy (non-hydrogen) atoms. The highest BCUT2D eigenvalue weighted by Gasteiger charge is 2.12. The van der Waals surface area contributed by atoms with E-state index in [4.69, 9.17) is 11.6 Å². The molecule has 0 bridgehead atoms. The van der Waals surface area contributed by atoms with E-state index >= 15 is 0 Å². The van der Waals surface area contributed by atoms with Crippen LogP contribution < -0.4 is 4.83 Å². The van der Waals surface area contributed by atoms with E-state index in [0.717, 1.165) is 10.8 Å². The predicted molar refractivity (Wildman–Crippen MR) is 95.0 cm³/mol. The number of benzene rings is 3. The van der Waals surface area contributed by atoms with Crippen molar-refractivity contribution >= 4 is 38.6 Å². The molecular weight excluding hydrogens is 348 g/mol. The van der Waals surface area contributed by atoms with Gasteiger partial charge < -0.3 is 5.11 Å². The van der Waals surface area contributed by atoms with Gasteiger partial charge in [-0.05, 0) is 41.1 Å². The molecule has 0 radical (unpaired) electrons. The van der Waals surface area contributed by atoms with Gasteiger partial charge in [-0.1, -0.05) is 41.9 Å². The smallest absolute Gasteiger partial charge is 0.276 e. The predicted octanol–water partition coefficient (Wildman–Crippen LogP) is 3.51. The van der Waals surface area contributed by atoms with Crippen LogP contribution in [0.1, 0.15) is 5.56 Å². The lowest BCUT2D eigenvalue weighted by molar-refractivity contribution is 0.475. The first-order chi connectivity index (χ1) is 11.5. The molecule has 0 aliphatic rings. The Morgan fingerprint density at radius 1 is 1.00 bits per heavy atom. The Balaban J connectivity index is 1.89. The maximum absolute atomic E-state index is 12.2. The average molecular weight is 361 g/mol. The average Bonchev–Trinajstić information content (AvgIpc) is 2.57. The van der Waals surface area contributed by atoms with Crippen molar-refractivity contribution in [3.8, 4) is 5.75 Å². The van der Waals surface area contributed by atoms with Gasteiger partial charge in [0.1, 0.15) is 5.75 Å². The third-order valence-corrected chi connectivity index (χ3v) is 4.93. The third kappa shape index (κ3) is 3.34. The number of sulfonamides is 1. The molecule has 0 heterocycles. The zero-order chi connectivity index (χ0) is 17.2. The molecule has 7 heteroatoms. The number of nitrogens with zero attached hydrogens (tertiary/aromatic N) is 1. The molecule has 0 saturated carbocycles. The molecule has 5 nitrogen and oxygen atoms in total. The van der Waals surface area contributed by atoms with Gasteiger partial charge >= 0.3 is 0 Å². The van der Waals surface area contributed by atoms with Crippen LogP contribution >= 0.6 is 11.6 Å². The first kappa shape index (κ1) is 16.3. The van der Waals surface area contributed by atoms with Gasteiger partial charge in [0, 0.05) is 10.6 Å². The van der Waals surface area contributed by atoms with Crippen LogP contribution in [0.25, 0.3) is 10.8 Å². The summed E-state index contributed by atoms with van der Waals surface area (Å²) in [4.78, 5) is 2.17. The Morgan fingerprint density at radius 2 is 1.71 bits per heavy atom. The molecule has 122 valence electrons. The molecular formula is C17H13ClN2O3S. The highest BCUT2D eigenvalue weighted by Crippen LogP contribution is 2.25. The van der Waals surface area contributed by atoms with E-state index in [9.17, 15) is 13.5 Å². The second kappa shape index (κ2) is 6.51. The molecule has 3 aromatic carbocycles. The van der Waals surface area contributed by atoms with Gasteiger partial charge in [0.25, 0.3) is 10.0 Å². The third-order valence-electron chi connectivity index (χ3n) is 3.44. The van der Waals surface area contributed by atoms with E-state index in [-0.39, 0.29) is 10.6 Å². The van der Waals surface area contributed by atoms with Crippen molar-refractivity contribution in [1.29, 1.82) is 0 Å². The summed E-state index contributed by atoms with van der Waals surface area (Å²) in [5.41, 5.74) is 0.437. The van der Waals surface area contributed by atoms with E-state index in [1.54, 1.807) is 6.07 Å². The Morgan fingerprint density at radius 3 is 2.46 bits per heavy atom. The second-order valence-corrected chi connectivity index (χ2v) is 7.12. The van der Waals surface area contributed by atoms with Crippen LogP contribution in [0.2, 0.25) is 5.02 Å². The van der Waals surface area contributed by atoms with Gasteiger partial charge in [0.15, 0.2) is 0 Å². The maximum Gasteiger partial charge on any atom is 0.276 e. The molecule has 0 unspecified atom stereocenters.